The summed E-state index contributed by atoms with van der Waals surface area (Å²) in [6.45, 7) is 1.97. The van der Waals surface area contributed by atoms with E-state index in [1.54, 1.807) is 18.2 Å². The first-order valence-electron chi connectivity index (χ1n) is 5.36. The number of ether oxygens (including phenoxy) is 1. The van der Waals surface area contributed by atoms with Crippen LogP contribution < -0.4 is 5.73 Å². The van der Waals surface area contributed by atoms with Crippen LogP contribution in [-0.4, -0.2) is 24.4 Å². The predicted octanol–water partition coefficient (Wildman–Crippen LogP) is 1.01. The van der Waals surface area contributed by atoms with Crippen molar-refractivity contribution in [3.05, 3.63) is 35.6 Å². The van der Waals surface area contributed by atoms with E-state index in [0.717, 1.165) is 0 Å². The van der Waals surface area contributed by atoms with Crippen LogP contribution in [0.1, 0.15) is 12.5 Å². The molecule has 0 saturated carbocycles. The average Bonchev–Trinajstić information content (AvgIpc) is 2.56. The molecule has 0 unspecified atom stereocenters. The molecule has 0 spiro atoms. The molecule has 2 rings (SSSR count). The molecule has 1 aliphatic heterocycles. The summed E-state index contributed by atoms with van der Waals surface area (Å²) in [4.78, 5) is 0. The third kappa shape index (κ3) is 1.63. The van der Waals surface area contributed by atoms with Crippen LogP contribution in [0.4, 0.5) is 4.39 Å². The van der Waals surface area contributed by atoms with Crippen molar-refractivity contribution >= 4 is 0 Å². The van der Waals surface area contributed by atoms with Gasteiger partial charge in [0, 0.05) is 11.5 Å². The summed E-state index contributed by atoms with van der Waals surface area (Å²) in [5.41, 5.74) is 5.69. The molecule has 0 aliphatic carbocycles. The van der Waals surface area contributed by atoms with Gasteiger partial charge in [-0.2, -0.15) is 0 Å². The molecular weight excluding hydrogens is 209 g/mol. The maximum Gasteiger partial charge on any atom is 0.128 e. The molecular formula is C12H16FNO2. The smallest absolute Gasteiger partial charge is 0.128 e. The number of hydrogen-bond acceptors (Lipinski definition) is 3. The second kappa shape index (κ2) is 4.13. The lowest BCUT2D eigenvalue weighted by molar-refractivity contribution is 0.0861. The van der Waals surface area contributed by atoms with E-state index in [4.69, 9.17) is 10.5 Å². The Hall–Kier alpha value is -0.970. The minimum atomic E-state index is -0.931. The molecule has 3 N–H and O–H groups in total. The zero-order valence-electron chi connectivity index (χ0n) is 9.19. The summed E-state index contributed by atoms with van der Waals surface area (Å²) < 4.78 is 19.1. The molecule has 3 atom stereocenters. The van der Waals surface area contributed by atoms with Gasteiger partial charge in [-0.05, 0) is 13.0 Å². The first kappa shape index (κ1) is 11.5. The Balaban J connectivity index is 2.42. The number of benzene rings is 1. The molecule has 1 aromatic carbocycles. The summed E-state index contributed by atoms with van der Waals surface area (Å²) in [7, 11) is 0. The van der Waals surface area contributed by atoms with Gasteiger partial charge >= 0.3 is 0 Å². The number of aliphatic hydroxyl groups excluding tert-OH is 1. The average molecular weight is 225 g/mol. The zero-order valence-corrected chi connectivity index (χ0v) is 9.19. The van der Waals surface area contributed by atoms with Crippen molar-refractivity contribution in [2.75, 3.05) is 13.2 Å². The summed E-state index contributed by atoms with van der Waals surface area (Å²) in [6, 6.07) is 6.39. The number of hydrogen-bond donors (Lipinski definition) is 2. The van der Waals surface area contributed by atoms with Gasteiger partial charge in [0.1, 0.15) is 5.82 Å². The zero-order chi connectivity index (χ0) is 11.8. The number of halogens is 1. The first-order chi connectivity index (χ1) is 7.59. The maximum absolute atomic E-state index is 13.7. The maximum atomic E-state index is 13.7. The van der Waals surface area contributed by atoms with Crippen molar-refractivity contribution < 1.29 is 14.2 Å². The summed E-state index contributed by atoms with van der Waals surface area (Å²) in [6.07, 6.45) is -0.158. The van der Waals surface area contributed by atoms with Crippen molar-refractivity contribution in [2.24, 2.45) is 11.7 Å². The van der Waals surface area contributed by atoms with Gasteiger partial charge in [-0.25, -0.2) is 4.39 Å². The van der Waals surface area contributed by atoms with Gasteiger partial charge < -0.3 is 15.6 Å². The van der Waals surface area contributed by atoms with Crippen LogP contribution in [0, 0.1) is 11.7 Å². The highest BCUT2D eigenvalue weighted by atomic mass is 19.1. The van der Waals surface area contributed by atoms with Gasteiger partial charge in [0.25, 0.3) is 0 Å². The summed E-state index contributed by atoms with van der Waals surface area (Å²) in [5.74, 6) is -0.620. The van der Waals surface area contributed by atoms with E-state index < -0.39 is 5.54 Å². The molecule has 16 heavy (non-hydrogen) atoms. The topological polar surface area (TPSA) is 55.5 Å². The van der Waals surface area contributed by atoms with Gasteiger partial charge in [-0.3, -0.25) is 0 Å². The molecule has 0 radical (unpaired) electrons. The lowest BCUT2D eigenvalue weighted by Crippen LogP contribution is -2.47. The van der Waals surface area contributed by atoms with Crippen LogP contribution in [0.15, 0.2) is 24.3 Å². The predicted molar refractivity (Wildman–Crippen MR) is 58.3 cm³/mol. The van der Waals surface area contributed by atoms with Crippen molar-refractivity contribution in [1.82, 2.24) is 0 Å². The van der Waals surface area contributed by atoms with Crippen LogP contribution in [-0.2, 0) is 10.3 Å². The molecule has 1 aromatic rings. The molecule has 1 aliphatic rings. The minimum Gasteiger partial charge on any atom is -0.396 e. The fourth-order valence-corrected chi connectivity index (χ4v) is 2.34. The van der Waals surface area contributed by atoms with E-state index in [9.17, 15) is 9.50 Å². The Bertz CT molecular complexity index is 385. The van der Waals surface area contributed by atoms with Gasteiger partial charge in [-0.1, -0.05) is 18.2 Å². The Morgan fingerprint density at radius 1 is 1.56 bits per heavy atom. The van der Waals surface area contributed by atoms with E-state index in [-0.39, 0.29) is 31.1 Å². The fraction of sp³-hybridized carbons (Fsp3) is 0.500. The summed E-state index contributed by atoms with van der Waals surface area (Å²) >= 11 is 0. The molecule has 88 valence electrons. The van der Waals surface area contributed by atoms with Crippen molar-refractivity contribution in [3.8, 4) is 0 Å². The second-order valence-corrected chi connectivity index (χ2v) is 4.33. The highest BCUT2D eigenvalue weighted by Gasteiger charge is 2.47. The van der Waals surface area contributed by atoms with E-state index >= 15 is 0 Å². The van der Waals surface area contributed by atoms with Crippen LogP contribution in [0.5, 0.6) is 0 Å². The number of aliphatic hydroxyl groups is 1. The second-order valence-electron chi connectivity index (χ2n) is 4.33. The van der Waals surface area contributed by atoms with Gasteiger partial charge in [0.15, 0.2) is 0 Å². The molecule has 0 aromatic heterocycles. The lowest BCUT2D eigenvalue weighted by atomic mass is 9.79. The Labute approximate surface area is 94.0 Å². The Morgan fingerprint density at radius 3 is 2.88 bits per heavy atom. The Kier molecular flexibility index (Phi) is 2.97. The van der Waals surface area contributed by atoms with Crippen LogP contribution >= 0.6 is 0 Å². The molecule has 1 heterocycles. The standard InChI is InChI=1S/C12H16FNO2/c1-8-10(6-15)12(14,7-16-8)9-4-2-3-5-11(9)13/h2-5,8,10,15H,6-7,14H2,1H3/t8-,10-,12-/m1/s1. The third-order valence-corrected chi connectivity index (χ3v) is 3.39. The molecule has 0 bridgehead atoms. The lowest BCUT2D eigenvalue weighted by Gasteiger charge is -2.30. The first-order valence-corrected chi connectivity index (χ1v) is 5.36. The quantitative estimate of drug-likeness (QED) is 0.789. The molecule has 1 saturated heterocycles. The third-order valence-electron chi connectivity index (χ3n) is 3.39. The normalized spacial score (nSPS) is 34.2. The fourth-order valence-electron chi connectivity index (χ4n) is 2.34. The number of nitrogens with two attached hydrogens (primary N) is 1. The highest BCUT2D eigenvalue weighted by molar-refractivity contribution is 5.28. The van der Waals surface area contributed by atoms with Crippen LogP contribution in [0.25, 0.3) is 0 Å². The van der Waals surface area contributed by atoms with E-state index in [2.05, 4.69) is 0 Å². The van der Waals surface area contributed by atoms with E-state index in [1.165, 1.54) is 6.07 Å². The Morgan fingerprint density at radius 2 is 2.25 bits per heavy atom. The van der Waals surface area contributed by atoms with Gasteiger partial charge in [-0.15, -0.1) is 0 Å². The van der Waals surface area contributed by atoms with Crippen LogP contribution in [0.2, 0.25) is 0 Å². The van der Waals surface area contributed by atoms with Crippen molar-refractivity contribution in [3.63, 3.8) is 0 Å². The monoisotopic (exact) mass is 225 g/mol. The molecule has 1 fully saturated rings. The van der Waals surface area contributed by atoms with E-state index in [1.807, 2.05) is 6.92 Å². The van der Waals surface area contributed by atoms with Crippen molar-refractivity contribution in [2.45, 2.75) is 18.6 Å². The largest absolute Gasteiger partial charge is 0.396 e. The molecule has 3 nitrogen and oxygen atoms in total. The van der Waals surface area contributed by atoms with E-state index in [0.29, 0.717) is 5.56 Å². The SMILES string of the molecule is C[C@H]1OC[C@@](N)(c2ccccc2F)[C@@H]1CO. The molecule has 0 amide bonds. The number of rotatable bonds is 2. The van der Waals surface area contributed by atoms with Crippen LogP contribution in [0.3, 0.4) is 0 Å². The summed E-state index contributed by atoms with van der Waals surface area (Å²) in [5, 5.41) is 9.34. The minimum absolute atomic E-state index is 0.105. The highest BCUT2D eigenvalue weighted by Crippen LogP contribution is 2.37. The van der Waals surface area contributed by atoms with Gasteiger partial charge in [0.05, 0.1) is 24.9 Å². The molecule has 4 heteroatoms. The van der Waals surface area contributed by atoms with Gasteiger partial charge in [0.2, 0.25) is 0 Å². The van der Waals surface area contributed by atoms with Crippen molar-refractivity contribution in [1.29, 1.82) is 0 Å².